The minimum Gasteiger partial charge on any atom is -0.493 e. The maximum Gasteiger partial charge on any atom is 0.266 e. The van der Waals surface area contributed by atoms with E-state index in [2.05, 4.69) is 29.2 Å². The summed E-state index contributed by atoms with van der Waals surface area (Å²) >= 11 is 8.76. The first-order valence-electron chi connectivity index (χ1n) is 9.61. The fraction of sp³-hybridized carbons (Fsp3) is 0.217. The van der Waals surface area contributed by atoms with E-state index in [1.165, 1.54) is 16.7 Å². The van der Waals surface area contributed by atoms with Crippen LogP contribution >= 0.6 is 46.6 Å². The normalized spacial score (nSPS) is 14.6. The quantitative estimate of drug-likeness (QED) is 0.126. The van der Waals surface area contributed by atoms with Crippen molar-refractivity contribution in [3.63, 3.8) is 0 Å². The molecule has 6 nitrogen and oxygen atoms in total. The van der Waals surface area contributed by atoms with Gasteiger partial charge in [-0.05, 0) is 58.5 Å². The van der Waals surface area contributed by atoms with Crippen molar-refractivity contribution in [3.8, 4) is 23.0 Å². The first-order valence-corrected chi connectivity index (χ1v) is 11.9. The van der Waals surface area contributed by atoms with Crippen molar-refractivity contribution in [2.45, 2.75) is 0 Å². The number of nitrogens with zero attached hydrogens (tertiary/aromatic N) is 1. The number of halogens is 1. The fourth-order valence-corrected chi connectivity index (χ4v) is 4.99. The predicted octanol–water partition coefficient (Wildman–Crippen LogP) is 5.15. The molecule has 0 N–H and O–H groups in total. The molecule has 0 aliphatic carbocycles. The second kappa shape index (κ2) is 11.6. The molecule has 1 saturated heterocycles. The molecule has 0 radical (unpaired) electrons. The van der Waals surface area contributed by atoms with Crippen molar-refractivity contribution < 1.29 is 23.7 Å². The lowest BCUT2D eigenvalue weighted by molar-refractivity contribution is -0.121. The molecular weight excluding hydrogens is 561 g/mol. The van der Waals surface area contributed by atoms with Crippen LogP contribution in [-0.2, 0) is 4.79 Å². The molecule has 1 aliphatic heterocycles. The van der Waals surface area contributed by atoms with Gasteiger partial charge in [-0.2, -0.15) is 0 Å². The first-order chi connectivity index (χ1) is 15.5. The summed E-state index contributed by atoms with van der Waals surface area (Å²) in [5, 5.41) is 0. The van der Waals surface area contributed by atoms with Crippen molar-refractivity contribution >= 4 is 62.9 Å². The Bertz CT molecular complexity index is 1060. The highest BCUT2D eigenvalue weighted by molar-refractivity contribution is 14.1. The zero-order valence-corrected chi connectivity index (χ0v) is 21.4. The standard InChI is InChI=1S/C23H22INO5S2/c1-4-9-25-22(26)20(32-23(25)31)14-15-12-16(24)21(19(13-15)28-3)30-11-10-29-18-8-6-5-7-17(18)27-2/h4-8,12-14H,1,9-11H2,2-3H3/b20-14-. The average molecular weight is 583 g/mol. The number of rotatable bonds is 10. The Labute approximate surface area is 210 Å². The minimum absolute atomic E-state index is 0.123. The van der Waals surface area contributed by atoms with Gasteiger partial charge in [0.15, 0.2) is 23.0 Å². The molecule has 0 bridgehead atoms. The molecule has 0 spiro atoms. The highest BCUT2D eigenvalue weighted by Gasteiger charge is 2.31. The molecule has 0 atom stereocenters. The van der Waals surface area contributed by atoms with Gasteiger partial charge < -0.3 is 18.9 Å². The second-order valence-corrected chi connectivity index (χ2v) is 9.30. The van der Waals surface area contributed by atoms with Gasteiger partial charge >= 0.3 is 0 Å². The van der Waals surface area contributed by atoms with Crippen LogP contribution in [0.3, 0.4) is 0 Å². The van der Waals surface area contributed by atoms with E-state index >= 15 is 0 Å². The molecule has 1 aliphatic rings. The van der Waals surface area contributed by atoms with E-state index in [1.807, 2.05) is 42.5 Å². The molecule has 0 saturated carbocycles. The molecule has 168 valence electrons. The largest absolute Gasteiger partial charge is 0.493 e. The number of hydrogen-bond acceptors (Lipinski definition) is 7. The summed E-state index contributed by atoms with van der Waals surface area (Å²) in [6, 6.07) is 11.2. The monoisotopic (exact) mass is 583 g/mol. The zero-order chi connectivity index (χ0) is 23.1. The molecule has 0 unspecified atom stereocenters. The van der Waals surface area contributed by atoms with Crippen LogP contribution in [0.1, 0.15) is 5.56 Å². The second-order valence-electron chi connectivity index (χ2n) is 6.46. The average Bonchev–Trinajstić information content (AvgIpc) is 3.05. The van der Waals surface area contributed by atoms with Gasteiger partial charge in [0.05, 0.1) is 22.7 Å². The summed E-state index contributed by atoms with van der Waals surface area (Å²) in [5.41, 5.74) is 0.822. The Hall–Kier alpha value is -2.24. The summed E-state index contributed by atoms with van der Waals surface area (Å²) in [5.74, 6) is 2.39. The highest BCUT2D eigenvalue weighted by atomic mass is 127. The summed E-state index contributed by atoms with van der Waals surface area (Å²) in [6.07, 6.45) is 3.46. The summed E-state index contributed by atoms with van der Waals surface area (Å²) in [7, 11) is 3.18. The number of methoxy groups -OCH3 is 2. The molecular formula is C23H22INO5S2. The fourth-order valence-electron chi connectivity index (χ4n) is 2.93. The number of carbonyl (C=O) groups is 1. The third-order valence-corrected chi connectivity index (χ3v) is 6.57. The summed E-state index contributed by atoms with van der Waals surface area (Å²) in [6.45, 7) is 4.73. The van der Waals surface area contributed by atoms with Gasteiger partial charge in [-0.25, -0.2) is 0 Å². The van der Waals surface area contributed by atoms with Gasteiger partial charge in [-0.1, -0.05) is 42.2 Å². The number of amides is 1. The van der Waals surface area contributed by atoms with Gasteiger partial charge in [-0.15, -0.1) is 6.58 Å². The van der Waals surface area contributed by atoms with Crippen molar-refractivity contribution in [1.82, 2.24) is 4.90 Å². The smallest absolute Gasteiger partial charge is 0.266 e. The molecule has 1 heterocycles. The molecule has 2 aromatic carbocycles. The van der Waals surface area contributed by atoms with Gasteiger partial charge in [-0.3, -0.25) is 9.69 Å². The van der Waals surface area contributed by atoms with Crippen molar-refractivity contribution in [2.24, 2.45) is 0 Å². The van der Waals surface area contributed by atoms with E-state index < -0.39 is 0 Å². The van der Waals surface area contributed by atoms with E-state index in [-0.39, 0.29) is 5.91 Å². The SMILES string of the molecule is C=CCN1C(=O)/C(=C/c2cc(I)c(OCCOc3ccccc3OC)c(OC)c2)SC1=S. The van der Waals surface area contributed by atoms with Crippen molar-refractivity contribution in [2.75, 3.05) is 34.0 Å². The number of carbonyl (C=O) groups excluding carboxylic acids is 1. The molecule has 32 heavy (non-hydrogen) atoms. The first kappa shape index (κ1) is 24.4. The van der Waals surface area contributed by atoms with E-state index in [0.29, 0.717) is 52.0 Å². The zero-order valence-electron chi connectivity index (χ0n) is 17.6. The Morgan fingerprint density at radius 1 is 1.09 bits per heavy atom. The lowest BCUT2D eigenvalue weighted by Gasteiger charge is -2.15. The van der Waals surface area contributed by atoms with Crippen molar-refractivity contribution in [3.05, 3.63) is 63.1 Å². The van der Waals surface area contributed by atoms with E-state index in [4.69, 9.17) is 31.2 Å². The summed E-state index contributed by atoms with van der Waals surface area (Å²) in [4.78, 5) is 14.7. The Kier molecular flexibility index (Phi) is 8.83. The molecule has 3 rings (SSSR count). The van der Waals surface area contributed by atoms with Crippen LogP contribution in [0.15, 0.2) is 54.0 Å². The van der Waals surface area contributed by atoms with Gasteiger partial charge in [0.1, 0.15) is 17.5 Å². The highest BCUT2D eigenvalue weighted by Crippen LogP contribution is 2.37. The lowest BCUT2D eigenvalue weighted by Crippen LogP contribution is -2.27. The van der Waals surface area contributed by atoms with E-state index in [0.717, 1.165) is 9.13 Å². The van der Waals surface area contributed by atoms with E-state index in [1.54, 1.807) is 20.3 Å². The number of benzene rings is 2. The number of ether oxygens (including phenoxy) is 4. The molecule has 1 fully saturated rings. The third kappa shape index (κ3) is 5.76. The lowest BCUT2D eigenvalue weighted by atomic mass is 10.2. The number of thioether (sulfide) groups is 1. The molecule has 2 aromatic rings. The van der Waals surface area contributed by atoms with Crippen LogP contribution in [-0.4, -0.2) is 49.1 Å². The number of thiocarbonyl (C=S) groups is 1. The third-order valence-electron chi connectivity index (χ3n) is 4.39. The molecule has 0 aromatic heterocycles. The Morgan fingerprint density at radius 3 is 2.47 bits per heavy atom. The van der Waals surface area contributed by atoms with Crippen LogP contribution in [0.4, 0.5) is 0 Å². The van der Waals surface area contributed by atoms with Gasteiger partial charge in [0.2, 0.25) is 0 Å². The predicted molar refractivity (Wildman–Crippen MR) is 140 cm³/mol. The number of hydrogen-bond donors (Lipinski definition) is 0. The maximum absolute atomic E-state index is 12.6. The minimum atomic E-state index is -0.123. The summed E-state index contributed by atoms with van der Waals surface area (Å²) < 4.78 is 23.9. The topological polar surface area (TPSA) is 57.2 Å². The maximum atomic E-state index is 12.6. The van der Waals surface area contributed by atoms with Crippen LogP contribution in [0.25, 0.3) is 6.08 Å². The van der Waals surface area contributed by atoms with Gasteiger partial charge in [0, 0.05) is 6.54 Å². The van der Waals surface area contributed by atoms with Crippen LogP contribution in [0.2, 0.25) is 0 Å². The van der Waals surface area contributed by atoms with E-state index in [9.17, 15) is 4.79 Å². The Balaban J connectivity index is 1.69. The van der Waals surface area contributed by atoms with Crippen molar-refractivity contribution in [1.29, 1.82) is 0 Å². The van der Waals surface area contributed by atoms with Crippen LogP contribution in [0.5, 0.6) is 23.0 Å². The van der Waals surface area contributed by atoms with Crippen LogP contribution < -0.4 is 18.9 Å². The number of para-hydroxylation sites is 2. The van der Waals surface area contributed by atoms with Gasteiger partial charge in [0.25, 0.3) is 5.91 Å². The van der Waals surface area contributed by atoms with Crippen LogP contribution in [0, 0.1) is 3.57 Å². The Morgan fingerprint density at radius 2 is 1.78 bits per heavy atom. The molecule has 9 heteroatoms. The molecule has 1 amide bonds.